The van der Waals surface area contributed by atoms with Gasteiger partial charge in [0.2, 0.25) is 0 Å². The van der Waals surface area contributed by atoms with Crippen LogP contribution in [-0.2, 0) is 13.6 Å². The maximum absolute atomic E-state index is 4.49. The summed E-state index contributed by atoms with van der Waals surface area (Å²) in [5.41, 5.74) is 5.85. The molecule has 0 bridgehead atoms. The molecule has 116 valence electrons. The fourth-order valence-corrected chi connectivity index (χ4v) is 3.88. The van der Waals surface area contributed by atoms with Crippen molar-refractivity contribution < 1.29 is 0 Å². The van der Waals surface area contributed by atoms with Gasteiger partial charge in [0.1, 0.15) is 0 Å². The lowest BCUT2D eigenvalue weighted by Gasteiger charge is -2.09. The highest BCUT2D eigenvalue weighted by Gasteiger charge is 2.17. The van der Waals surface area contributed by atoms with Crippen LogP contribution in [0.15, 0.2) is 41.3 Å². The molecule has 0 saturated heterocycles. The molecule has 0 spiro atoms. The van der Waals surface area contributed by atoms with E-state index in [1.807, 2.05) is 24.1 Å². The number of rotatable bonds is 2. The third-order valence-corrected chi connectivity index (χ3v) is 4.80. The lowest BCUT2D eigenvalue weighted by Crippen LogP contribution is -1.97. The predicted octanol–water partition coefficient (Wildman–Crippen LogP) is 4.68. The molecular formula is C18H17BrN4. The van der Waals surface area contributed by atoms with Crippen LogP contribution in [0.25, 0.3) is 32.9 Å². The number of fused-ring (bicyclic) bond motifs is 3. The van der Waals surface area contributed by atoms with E-state index in [0.29, 0.717) is 0 Å². The minimum absolute atomic E-state index is 0.904. The number of hydrogen-bond acceptors (Lipinski definition) is 2. The van der Waals surface area contributed by atoms with Crippen LogP contribution in [0.5, 0.6) is 0 Å². The summed E-state index contributed by atoms with van der Waals surface area (Å²) in [5.74, 6) is 0. The first-order chi connectivity index (χ1) is 11.1. The summed E-state index contributed by atoms with van der Waals surface area (Å²) in [6, 6.07) is 6.48. The van der Waals surface area contributed by atoms with Crippen molar-refractivity contribution in [1.29, 1.82) is 0 Å². The molecule has 0 aliphatic heterocycles. The molecule has 0 atom stereocenters. The SMILES string of the molecule is CCn1c2c(-c3cnn(C)c3)cc(Br)cc2c2ccnc(C)c21. The third kappa shape index (κ3) is 2.10. The van der Waals surface area contributed by atoms with Crippen molar-refractivity contribution in [2.24, 2.45) is 7.05 Å². The first-order valence-corrected chi connectivity index (χ1v) is 8.45. The van der Waals surface area contributed by atoms with E-state index < -0.39 is 0 Å². The average molecular weight is 369 g/mol. The van der Waals surface area contributed by atoms with Crippen LogP contribution >= 0.6 is 15.9 Å². The average Bonchev–Trinajstić information content (AvgIpc) is 3.09. The van der Waals surface area contributed by atoms with Gasteiger partial charge in [0.15, 0.2) is 0 Å². The molecule has 0 amide bonds. The quantitative estimate of drug-likeness (QED) is 0.514. The van der Waals surface area contributed by atoms with E-state index in [-0.39, 0.29) is 0 Å². The van der Waals surface area contributed by atoms with Crippen molar-refractivity contribution in [2.75, 3.05) is 0 Å². The molecular weight excluding hydrogens is 352 g/mol. The summed E-state index contributed by atoms with van der Waals surface area (Å²) in [4.78, 5) is 4.49. The Hall–Kier alpha value is -2.14. The van der Waals surface area contributed by atoms with E-state index in [2.05, 4.69) is 68.8 Å². The van der Waals surface area contributed by atoms with Gasteiger partial charge in [0, 0.05) is 52.4 Å². The summed E-state index contributed by atoms with van der Waals surface area (Å²) in [5, 5.41) is 6.84. The van der Waals surface area contributed by atoms with Crippen LogP contribution in [-0.4, -0.2) is 19.3 Å². The van der Waals surface area contributed by atoms with Gasteiger partial charge in [-0.2, -0.15) is 5.10 Å². The monoisotopic (exact) mass is 368 g/mol. The molecule has 0 N–H and O–H groups in total. The molecule has 3 heterocycles. The standard InChI is InChI=1S/C18H17BrN4/c1-4-23-17-11(2)20-6-5-14(17)16-8-13(19)7-15(18(16)23)12-9-21-22(3)10-12/h5-10H,4H2,1-3H3. The van der Waals surface area contributed by atoms with E-state index in [1.54, 1.807) is 0 Å². The first kappa shape index (κ1) is 14.5. The highest BCUT2D eigenvalue weighted by Crippen LogP contribution is 2.38. The molecule has 0 saturated carbocycles. The molecule has 0 unspecified atom stereocenters. The van der Waals surface area contributed by atoms with Crippen LogP contribution in [0.3, 0.4) is 0 Å². The van der Waals surface area contributed by atoms with Gasteiger partial charge >= 0.3 is 0 Å². The van der Waals surface area contributed by atoms with Gasteiger partial charge in [-0.1, -0.05) is 15.9 Å². The lowest BCUT2D eigenvalue weighted by atomic mass is 10.0. The molecule has 5 heteroatoms. The Morgan fingerprint density at radius 2 is 2.00 bits per heavy atom. The Labute approximate surface area is 142 Å². The second-order valence-corrected chi connectivity index (χ2v) is 6.70. The Kier molecular flexibility index (Phi) is 3.27. The van der Waals surface area contributed by atoms with E-state index in [9.17, 15) is 0 Å². The molecule has 0 aliphatic carbocycles. The number of nitrogens with zero attached hydrogens (tertiary/aromatic N) is 4. The van der Waals surface area contributed by atoms with Gasteiger partial charge in [0.25, 0.3) is 0 Å². The number of pyridine rings is 1. The molecule has 0 radical (unpaired) electrons. The fraction of sp³-hybridized carbons (Fsp3) is 0.222. The van der Waals surface area contributed by atoms with Crippen molar-refractivity contribution in [3.8, 4) is 11.1 Å². The van der Waals surface area contributed by atoms with Crippen LogP contribution < -0.4 is 0 Å². The molecule has 1 aromatic carbocycles. The fourth-order valence-electron chi connectivity index (χ4n) is 3.42. The summed E-state index contributed by atoms with van der Waals surface area (Å²) < 4.78 is 5.28. The molecule has 23 heavy (non-hydrogen) atoms. The van der Waals surface area contributed by atoms with Gasteiger partial charge in [-0.05, 0) is 32.0 Å². The van der Waals surface area contributed by atoms with E-state index in [0.717, 1.165) is 22.3 Å². The zero-order chi connectivity index (χ0) is 16.1. The zero-order valence-corrected chi connectivity index (χ0v) is 14.9. The largest absolute Gasteiger partial charge is 0.339 e. The van der Waals surface area contributed by atoms with Crippen LogP contribution in [0.1, 0.15) is 12.6 Å². The number of halogens is 1. The molecule has 4 rings (SSSR count). The zero-order valence-electron chi connectivity index (χ0n) is 13.3. The van der Waals surface area contributed by atoms with Gasteiger partial charge in [-0.3, -0.25) is 9.67 Å². The Morgan fingerprint density at radius 3 is 2.70 bits per heavy atom. The summed E-state index contributed by atoms with van der Waals surface area (Å²) in [6.45, 7) is 5.16. The van der Waals surface area contributed by atoms with Gasteiger partial charge in [0.05, 0.1) is 22.9 Å². The highest BCUT2D eigenvalue weighted by molar-refractivity contribution is 9.10. The normalized spacial score (nSPS) is 11.7. The van der Waals surface area contributed by atoms with Crippen molar-refractivity contribution in [3.05, 3.63) is 47.0 Å². The molecule has 4 aromatic rings. The molecule has 4 nitrogen and oxygen atoms in total. The van der Waals surface area contributed by atoms with Crippen LogP contribution in [0.4, 0.5) is 0 Å². The smallest absolute Gasteiger partial charge is 0.0707 e. The lowest BCUT2D eigenvalue weighted by molar-refractivity contribution is 0.768. The summed E-state index contributed by atoms with van der Waals surface area (Å²) in [7, 11) is 1.95. The molecule has 0 fully saturated rings. The summed E-state index contributed by atoms with van der Waals surface area (Å²) in [6.07, 6.45) is 5.87. The predicted molar refractivity (Wildman–Crippen MR) is 97.6 cm³/mol. The Morgan fingerprint density at radius 1 is 1.17 bits per heavy atom. The minimum Gasteiger partial charge on any atom is -0.339 e. The molecule has 3 aromatic heterocycles. The second-order valence-electron chi connectivity index (χ2n) is 5.79. The van der Waals surface area contributed by atoms with Crippen LogP contribution in [0.2, 0.25) is 0 Å². The first-order valence-electron chi connectivity index (χ1n) is 7.66. The van der Waals surface area contributed by atoms with Crippen molar-refractivity contribution >= 4 is 37.7 Å². The third-order valence-electron chi connectivity index (χ3n) is 4.34. The maximum atomic E-state index is 4.49. The van der Waals surface area contributed by atoms with Crippen molar-refractivity contribution in [2.45, 2.75) is 20.4 Å². The minimum atomic E-state index is 0.904. The Bertz CT molecular complexity index is 1040. The van der Waals surface area contributed by atoms with E-state index >= 15 is 0 Å². The van der Waals surface area contributed by atoms with Gasteiger partial charge in [-0.25, -0.2) is 0 Å². The highest BCUT2D eigenvalue weighted by atomic mass is 79.9. The number of aryl methyl sites for hydroxylation is 3. The van der Waals surface area contributed by atoms with Crippen molar-refractivity contribution in [3.63, 3.8) is 0 Å². The summed E-state index contributed by atoms with van der Waals surface area (Å²) >= 11 is 3.67. The van der Waals surface area contributed by atoms with Gasteiger partial charge in [-0.15, -0.1) is 0 Å². The van der Waals surface area contributed by atoms with Crippen LogP contribution in [0, 0.1) is 6.92 Å². The maximum Gasteiger partial charge on any atom is 0.0707 e. The number of hydrogen-bond donors (Lipinski definition) is 0. The second kappa shape index (κ2) is 5.20. The molecule has 0 aliphatic rings. The van der Waals surface area contributed by atoms with Crippen molar-refractivity contribution in [1.82, 2.24) is 19.3 Å². The number of aromatic nitrogens is 4. The van der Waals surface area contributed by atoms with Gasteiger partial charge < -0.3 is 4.57 Å². The van der Waals surface area contributed by atoms with E-state index in [4.69, 9.17) is 0 Å². The van der Waals surface area contributed by atoms with E-state index in [1.165, 1.54) is 27.4 Å². The topological polar surface area (TPSA) is 35.6 Å². The number of benzene rings is 1. The Balaban J connectivity index is 2.24.